The van der Waals surface area contributed by atoms with E-state index >= 15 is 0 Å². The molecule has 0 spiro atoms. The fraction of sp³-hybridized carbons (Fsp3) is 0.474. The minimum atomic E-state index is 0.361. The van der Waals surface area contributed by atoms with Crippen LogP contribution in [-0.4, -0.2) is 42.4 Å². The van der Waals surface area contributed by atoms with Crippen LogP contribution in [0.5, 0.6) is 0 Å². The molecule has 0 bridgehead atoms. The summed E-state index contributed by atoms with van der Waals surface area (Å²) in [6.45, 7) is 9.71. The summed E-state index contributed by atoms with van der Waals surface area (Å²) in [6, 6.07) is 8.72. The first kappa shape index (κ1) is 17.9. The number of benzene rings is 1. The number of rotatable bonds is 4. The van der Waals surface area contributed by atoms with E-state index in [1.165, 1.54) is 5.56 Å². The van der Waals surface area contributed by atoms with E-state index in [2.05, 4.69) is 54.5 Å². The lowest BCUT2D eigenvalue weighted by molar-refractivity contribution is 0.122. The summed E-state index contributed by atoms with van der Waals surface area (Å²) in [5.74, 6) is 1.03. The van der Waals surface area contributed by atoms with Gasteiger partial charge in [-0.05, 0) is 62.3 Å². The number of aryl methyl sites for hydroxylation is 1. The van der Waals surface area contributed by atoms with Crippen LogP contribution in [-0.2, 0) is 4.74 Å². The molecule has 0 aliphatic carbocycles. The Morgan fingerprint density at radius 1 is 1.32 bits per heavy atom. The molecular formula is C19H26N4OS. The first-order chi connectivity index (χ1) is 12.1. The van der Waals surface area contributed by atoms with E-state index in [9.17, 15) is 0 Å². The lowest BCUT2D eigenvalue weighted by atomic mass is 10.1. The number of nitrogens with one attached hydrogen (secondary N) is 2. The summed E-state index contributed by atoms with van der Waals surface area (Å²) in [6.07, 6.45) is 1.03. The Hall–Kier alpha value is -1.92. The zero-order chi connectivity index (χ0) is 17.8. The van der Waals surface area contributed by atoms with Gasteiger partial charge in [-0.2, -0.15) is 0 Å². The fourth-order valence-electron chi connectivity index (χ4n) is 2.90. The van der Waals surface area contributed by atoms with Gasteiger partial charge in [-0.15, -0.1) is 0 Å². The summed E-state index contributed by atoms with van der Waals surface area (Å²) >= 11 is 5.38. The molecule has 2 aromatic rings. The van der Waals surface area contributed by atoms with Gasteiger partial charge >= 0.3 is 0 Å². The van der Waals surface area contributed by atoms with Gasteiger partial charge in [-0.1, -0.05) is 6.92 Å². The maximum Gasteiger partial charge on any atom is 0.170 e. The normalized spacial score (nSPS) is 15.9. The fourth-order valence-corrected chi connectivity index (χ4v) is 3.22. The Labute approximate surface area is 154 Å². The SMILES string of the molecule is CC[C@H](C)NC(=S)Nc1ccc2nc(N3CCOCC3)cc(C)c2c1. The molecule has 1 aliphatic rings. The Kier molecular flexibility index (Phi) is 5.71. The maximum absolute atomic E-state index is 5.43. The molecule has 1 aliphatic heterocycles. The number of pyridine rings is 1. The topological polar surface area (TPSA) is 49.4 Å². The van der Waals surface area contributed by atoms with Gasteiger partial charge in [-0.3, -0.25) is 0 Å². The average Bonchev–Trinajstić information content (AvgIpc) is 2.62. The van der Waals surface area contributed by atoms with Gasteiger partial charge in [0, 0.05) is 30.2 Å². The van der Waals surface area contributed by atoms with Crippen molar-refractivity contribution in [3.8, 4) is 0 Å². The van der Waals surface area contributed by atoms with Gasteiger partial charge in [0.2, 0.25) is 0 Å². The Balaban J connectivity index is 1.81. The first-order valence-corrected chi connectivity index (χ1v) is 9.29. The van der Waals surface area contributed by atoms with Crippen molar-refractivity contribution in [1.82, 2.24) is 10.3 Å². The van der Waals surface area contributed by atoms with E-state index in [4.69, 9.17) is 21.9 Å². The molecular weight excluding hydrogens is 332 g/mol. The van der Waals surface area contributed by atoms with E-state index in [0.29, 0.717) is 11.2 Å². The lowest BCUT2D eigenvalue weighted by Gasteiger charge is -2.28. The molecule has 0 radical (unpaired) electrons. The number of fused-ring (bicyclic) bond motifs is 1. The number of aromatic nitrogens is 1. The Bertz CT molecular complexity index is 758. The van der Waals surface area contributed by atoms with E-state index in [0.717, 1.165) is 55.1 Å². The van der Waals surface area contributed by atoms with Crippen molar-refractivity contribution < 1.29 is 4.74 Å². The molecule has 6 heteroatoms. The molecule has 1 saturated heterocycles. The number of anilines is 2. The van der Waals surface area contributed by atoms with E-state index in [1.807, 2.05) is 6.07 Å². The molecule has 1 fully saturated rings. The number of morpholine rings is 1. The predicted molar refractivity (Wildman–Crippen MR) is 109 cm³/mol. The number of hydrogen-bond acceptors (Lipinski definition) is 4. The van der Waals surface area contributed by atoms with Crippen LogP contribution in [0, 0.1) is 6.92 Å². The Morgan fingerprint density at radius 3 is 2.80 bits per heavy atom. The first-order valence-electron chi connectivity index (χ1n) is 8.88. The molecule has 2 N–H and O–H groups in total. The van der Waals surface area contributed by atoms with Gasteiger partial charge in [0.25, 0.3) is 0 Å². The van der Waals surface area contributed by atoms with Crippen molar-refractivity contribution in [3.05, 3.63) is 29.8 Å². The molecule has 0 amide bonds. The highest BCUT2D eigenvalue weighted by molar-refractivity contribution is 7.80. The zero-order valence-corrected chi connectivity index (χ0v) is 15.9. The summed E-state index contributed by atoms with van der Waals surface area (Å²) in [5.41, 5.74) is 3.21. The van der Waals surface area contributed by atoms with Gasteiger partial charge < -0.3 is 20.3 Å². The van der Waals surface area contributed by atoms with E-state index in [-0.39, 0.29) is 0 Å². The quantitative estimate of drug-likeness (QED) is 0.816. The van der Waals surface area contributed by atoms with Crippen molar-refractivity contribution in [2.75, 3.05) is 36.5 Å². The summed E-state index contributed by atoms with van der Waals surface area (Å²) in [5, 5.41) is 8.35. The highest BCUT2D eigenvalue weighted by Crippen LogP contribution is 2.25. The van der Waals surface area contributed by atoms with Crippen LogP contribution in [0.3, 0.4) is 0 Å². The molecule has 3 rings (SSSR count). The second kappa shape index (κ2) is 7.97. The molecule has 134 valence electrons. The largest absolute Gasteiger partial charge is 0.378 e. The predicted octanol–water partition coefficient (Wildman–Crippen LogP) is 3.46. The molecule has 1 atom stereocenters. The van der Waals surface area contributed by atoms with Crippen LogP contribution in [0.4, 0.5) is 11.5 Å². The summed E-state index contributed by atoms with van der Waals surface area (Å²) < 4.78 is 5.43. The van der Waals surface area contributed by atoms with Gasteiger partial charge in [0.1, 0.15) is 5.82 Å². The smallest absolute Gasteiger partial charge is 0.170 e. The zero-order valence-electron chi connectivity index (χ0n) is 15.1. The van der Waals surface area contributed by atoms with Crippen LogP contribution in [0.15, 0.2) is 24.3 Å². The monoisotopic (exact) mass is 358 g/mol. The van der Waals surface area contributed by atoms with Crippen LogP contribution in [0.1, 0.15) is 25.8 Å². The van der Waals surface area contributed by atoms with E-state index in [1.54, 1.807) is 0 Å². The molecule has 25 heavy (non-hydrogen) atoms. The van der Waals surface area contributed by atoms with Crippen molar-refractivity contribution in [2.45, 2.75) is 33.2 Å². The standard InChI is InChI=1S/C19H26N4OS/c1-4-14(3)20-19(25)21-15-5-6-17-16(12-15)13(2)11-18(22-17)23-7-9-24-10-8-23/h5-6,11-12,14H,4,7-10H2,1-3H3,(H2,20,21,25)/t14-/m0/s1. The third kappa shape index (κ3) is 4.38. The van der Waals surface area contributed by atoms with Gasteiger partial charge in [0.15, 0.2) is 5.11 Å². The second-order valence-electron chi connectivity index (χ2n) is 6.54. The maximum atomic E-state index is 5.43. The minimum Gasteiger partial charge on any atom is -0.378 e. The molecule has 1 aromatic heterocycles. The van der Waals surface area contributed by atoms with Crippen molar-refractivity contribution in [2.24, 2.45) is 0 Å². The summed E-state index contributed by atoms with van der Waals surface area (Å²) in [7, 11) is 0. The third-order valence-electron chi connectivity index (χ3n) is 4.58. The number of ether oxygens (including phenoxy) is 1. The highest BCUT2D eigenvalue weighted by atomic mass is 32.1. The van der Waals surface area contributed by atoms with Crippen LogP contribution in [0.25, 0.3) is 10.9 Å². The Morgan fingerprint density at radius 2 is 2.08 bits per heavy atom. The minimum absolute atomic E-state index is 0.361. The van der Waals surface area contributed by atoms with Crippen molar-refractivity contribution >= 4 is 39.7 Å². The molecule has 2 heterocycles. The van der Waals surface area contributed by atoms with Gasteiger partial charge in [0.05, 0.1) is 18.7 Å². The number of nitrogens with zero attached hydrogens (tertiary/aromatic N) is 2. The van der Waals surface area contributed by atoms with Crippen molar-refractivity contribution in [1.29, 1.82) is 0 Å². The van der Waals surface area contributed by atoms with Crippen LogP contribution >= 0.6 is 12.2 Å². The third-order valence-corrected chi connectivity index (χ3v) is 4.80. The molecule has 0 saturated carbocycles. The average molecular weight is 359 g/mol. The van der Waals surface area contributed by atoms with Crippen LogP contribution < -0.4 is 15.5 Å². The van der Waals surface area contributed by atoms with E-state index < -0.39 is 0 Å². The molecule has 1 aromatic carbocycles. The van der Waals surface area contributed by atoms with Gasteiger partial charge in [-0.25, -0.2) is 4.98 Å². The molecule has 0 unspecified atom stereocenters. The lowest BCUT2D eigenvalue weighted by Crippen LogP contribution is -2.36. The second-order valence-corrected chi connectivity index (χ2v) is 6.94. The molecule has 5 nitrogen and oxygen atoms in total. The number of thiocarbonyl (C=S) groups is 1. The van der Waals surface area contributed by atoms with Crippen molar-refractivity contribution in [3.63, 3.8) is 0 Å². The van der Waals surface area contributed by atoms with Crippen LogP contribution in [0.2, 0.25) is 0 Å². The number of hydrogen-bond donors (Lipinski definition) is 2. The summed E-state index contributed by atoms with van der Waals surface area (Å²) in [4.78, 5) is 7.12. The highest BCUT2D eigenvalue weighted by Gasteiger charge is 2.14.